The minimum absolute atomic E-state index is 0.134. The van der Waals surface area contributed by atoms with E-state index < -0.39 is 0 Å². The van der Waals surface area contributed by atoms with Gasteiger partial charge < -0.3 is 14.8 Å². The molecule has 1 aliphatic heterocycles. The summed E-state index contributed by atoms with van der Waals surface area (Å²) in [6, 6.07) is 21.9. The number of anilines is 1. The molecule has 2 amide bonds. The lowest BCUT2D eigenvalue weighted by atomic mass is 10.1. The van der Waals surface area contributed by atoms with Crippen molar-refractivity contribution in [3.8, 4) is 11.5 Å². The van der Waals surface area contributed by atoms with Crippen molar-refractivity contribution in [3.63, 3.8) is 0 Å². The molecule has 0 bridgehead atoms. The number of amides is 2. The maximum atomic E-state index is 13.0. The highest BCUT2D eigenvalue weighted by atomic mass is 35.5. The van der Waals surface area contributed by atoms with Gasteiger partial charge in [-0.15, -0.1) is 0 Å². The number of rotatable bonds is 9. The van der Waals surface area contributed by atoms with E-state index >= 15 is 0 Å². The number of ether oxygens (including phenoxy) is 2. The number of carbonyl (C=O) groups is 2. The number of thioether (sulfide) groups is 1. The van der Waals surface area contributed by atoms with E-state index in [1.165, 1.54) is 11.8 Å². The second-order valence-electron chi connectivity index (χ2n) is 7.74. The quantitative estimate of drug-likeness (QED) is 0.260. The molecule has 1 fully saturated rings. The van der Waals surface area contributed by atoms with Gasteiger partial charge in [0.25, 0.3) is 11.8 Å². The summed E-state index contributed by atoms with van der Waals surface area (Å²) in [7, 11) is 0. The third-order valence-electron chi connectivity index (χ3n) is 5.09. The van der Waals surface area contributed by atoms with E-state index in [1.807, 2.05) is 37.3 Å². The Morgan fingerprint density at radius 1 is 1.06 bits per heavy atom. The standard InChI is InChI=1S/C27H23ClN2O4S2/c1-2-33-23-13-19(11-12-22(23)34-17-25(31)29-21-10-6-9-20(28)15-21)14-24-26(32)30(27(35)36-24)16-18-7-4-3-5-8-18/h3-15H,2,16-17H2,1H3,(H,29,31)/b24-14-. The molecule has 184 valence electrons. The van der Waals surface area contributed by atoms with E-state index in [0.29, 0.717) is 44.6 Å². The predicted molar refractivity (Wildman–Crippen MR) is 148 cm³/mol. The minimum Gasteiger partial charge on any atom is -0.490 e. The van der Waals surface area contributed by atoms with Crippen molar-refractivity contribution < 1.29 is 19.1 Å². The van der Waals surface area contributed by atoms with Crippen LogP contribution in [0.2, 0.25) is 5.02 Å². The number of carbonyl (C=O) groups excluding carboxylic acids is 2. The lowest BCUT2D eigenvalue weighted by molar-refractivity contribution is -0.122. The molecule has 1 N–H and O–H groups in total. The third-order valence-corrected chi connectivity index (χ3v) is 6.70. The molecular formula is C27H23ClN2O4S2. The second-order valence-corrected chi connectivity index (χ2v) is 9.85. The Bertz CT molecular complexity index is 1310. The number of nitrogens with one attached hydrogen (secondary N) is 1. The van der Waals surface area contributed by atoms with E-state index in [1.54, 1.807) is 53.4 Å². The highest BCUT2D eigenvalue weighted by Crippen LogP contribution is 2.35. The molecule has 0 unspecified atom stereocenters. The first kappa shape index (κ1) is 25.8. The lowest BCUT2D eigenvalue weighted by Crippen LogP contribution is -2.27. The Morgan fingerprint density at radius 2 is 1.86 bits per heavy atom. The van der Waals surface area contributed by atoms with Crippen LogP contribution in [0.15, 0.2) is 77.7 Å². The summed E-state index contributed by atoms with van der Waals surface area (Å²) in [5.74, 6) is 0.434. The zero-order valence-corrected chi connectivity index (χ0v) is 21.8. The minimum atomic E-state index is -0.328. The van der Waals surface area contributed by atoms with Crippen LogP contribution in [0.25, 0.3) is 6.08 Å². The zero-order chi connectivity index (χ0) is 25.5. The van der Waals surface area contributed by atoms with Crippen LogP contribution in [0.5, 0.6) is 11.5 Å². The van der Waals surface area contributed by atoms with Gasteiger partial charge in [-0.1, -0.05) is 78.0 Å². The Morgan fingerprint density at radius 3 is 2.61 bits per heavy atom. The first-order chi connectivity index (χ1) is 17.4. The van der Waals surface area contributed by atoms with Crippen LogP contribution >= 0.6 is 35.6 Å². The molecule has 0 radical (unpaired) electrons. The summed E-state index contributed by atoms with van der Waals surface area (Å²) < 4.78 is 12.0. The monoisotopic (exact) mass is 538 g/mol. The van der Waals surface area contributed by atoms with Gasteiger partial charge in [0.2, 0.25) is 0 Å². The molecule has 0 atom stereocenters. The topological polar surface area (TPSA) is 67.9 Å². The van der Waals surface area contributed by atoms with Crippen molar-refractivity contribution in [3.05, 3.63) is 93.9 Å². The Hall–Kier alpha value is -3.33. The second kappa shape index (κ2) is 12.1. The molecule has 3 aromatic carbocycles. The Kier molecular flexibility index (Phi) is 8.64. The number of benzene rings is 3. The highest BCUT2D eigenvalue weighted by molar-refractivity contribution is 8.26. The molecule has 0 aromatic heterocycles. The first-order valence-electron chi connectivity index (χ1n) is 11.2. The van der Waals surface area contributed by atoms with Crippen molar-refractivity contribution in [1.82, 2.24) is 4.90 Å². The van der Waals surface area contributed by atoms with E-state index in [9.17, 15) is 9.59 Å². The van der Waals surface area contributed by atoms with Crippen molar-refractivity contribution in [1.29, 1.82) is 0 Å². The van der Waals surface area contributed by atoms with E-state index in [2.05, 4.69) is 5.32 Å². The predicted octanol–water partition coefficient (Wildman–Crippen LogP) is 6.16. The van der Waals surface area contributed by atoms with Gasteiger partial charge in [-0.25, -0.2) is 0 Å². The number of hydrogen-bond acceptors (Lipinski definition) is 6. The van der Waals surface area contributed by atoms with E-state index in [4.69, 9.17) is 33.3 Å². The molecule has 1 saturated heterocycles. The number of nitrogens with zero attached hydrogens (tertiary/aromatic N) is 1. The normalized spacial score (nSPS) is 14.3. The molecule has 6 nitrogen and oxygen atoms in total. The van der Waals surface area contributed by atoms with Crippen LogP contribution in [-0.2, 0) is 16.1 Å². The van der Waals surface area contributed by atoms with Gasteiger partial charge in [0.05, 0.1) is 18.1 Å². The first-order valence-corrected chi connectivity index (χ1v) is 12.8. The van der Waals surface area contributed by atoms with Crippen LogP contribution in [0.1, 0.15) is 18.1 Å². The molecule has 9 heteroatoms. The molecule has 0 saturated carbocycles. The summed E-state index contributed by atoms with van der Waals surface area (Å²) in [5, 5.41) is 3.27. The summed E-state index contributed by atoms with van der Waals surface area (Å²) in [4.78, 5) is 27.4. The largest absolute Gasteiger partial charge is 0.490 e. The maximum Gasteiger partial charge on any atom is 0.266 e. The fourth-order valence-electron chi connectivity index (χ4n) is 3.46. The van der Waals surface area contributed by atoms with Crippen molar-refractivity contribution in [2.45, 2.75) is 13.5 Å². The highest BCUT2D eigenvalue weighted by Gasteiger charge is 2.32. The van der Waals surface area contributed by atoms with Gasteiger partial charge in [0.1, 0.15) is 4.32 Å². The maximum absolute atomic E-state index is 13.0. The molecule has 36 heavy (non-hydrogen) atoms. The molecule has 4 rings (SSSR count). The molecule has 1 aliphatic rings. The van der Waals surface area contributed by atoms with Crippen LogP contribution < -0.4 is 14.8 Å². The van der Waals surface area contributed by atoms with Crippen LogP contribution in [0.3, 0.4) is 0 Å². The smallest absolute Gasteiger partial charge is 0.266 e. The van der Waals surface area contributed by atoms with Crippen molar-refractivity contribution in [2.24, 2.45) is 0 Å². The average molecular weight is 539 g/mol. The Labute approximate surface area is 224 Å². The Balaban J connectivity index is 1.44. The molecule has 0 spiro atoms. The summed E-state index contributed by atoms with van der Waals surface area (Å²) in [6.45, 7) is 2.49. The van der Waals surface area contributed by atoms with Crippen molar-refractivity contribution >= 4 is 63.5 Å². The number of thiocarbonyl (C=S) groups is 1. The number of halogens is 1. The summed E-state index contributed by atoms with van der Waals surface area (Å²) in [5.41, 5.74) is 2.35. The third kappa shape index (κ3) is 6.66. The molecular weight excluding hydrogens is 516 g/mol. The van der Waals surface area contributed by atoms with Gasteiger partial charge in [0.15, 0.2) is 18.1 Å². The van der Waals surface area contributed by atoms with Crippen LogP contribution in [-0.4, -0.2) is 34.2 Å². The molecule has 0 aliphatic carbocycles. The van der Waals surface area contributed by atoms with Crippen LogP contribution in [0.4, 0.5) is 5.69 Å². The fourth-order valence-corrected chi connectivity index (χ4v) is 4.91. The van der Waals surface area contributed by atoms with Crippen LogP contribution in [0, 0.1) is 0 Å². The molecule has 3 aromatic rings. The van der Waals surface area contributed by atoms with Gasteiger partial charge in [-0.3, -0.25) is 14.5 Å². The van der Waals surface area contributed by atoms with Gasteiger partial charge in [0, 0.05) is 10.7 Å². The van der Waals surface area contributed by atoms with Gasteiger partial charge in [-0.05, 0) is 54.5 Å². The van der Waals surface area contributed by atoms with E-state index in [0.717, 1.165) is 11.1 Å². The lowest BCUT2D eigenvalue weighted by Gasteiger charge is -2.14. The van der Waals surface area contributed by atoms with Gasteiger partial charge >= 0.3 is 0 Å². The molecule has 1 heterocycles. The summed E-state index contributed by atoms with van der Waals surface area (Å²) in [6.07, 6.45) is 1.78. The fraction of sp³-hybridized carbons (Fsp3) is 0.148. The van der Waals surface area contributed by atoms with Gasteiger partial charge in [-0.2, -0.15) is 0 Å². The van der Waals surface area contributed by atoms with E-state index in [-0.39, 0.29) is 18.4 Å². The summed E-state index contributed by atoms with van der Waals surface area (Å²) >= 11 is 12.7. The number of hydrogen-bond donors (Lipinski definition) is 1. The zero-order valence-electron chi connectivity index (χ0n) is 19.4. The van der Waals surface area contributed by atoms with Crippen molar-refractivity contribution in [2.75, 3.05) is 18.5 Å². The average Bonchev–Trinajstić information content (AvgIpc) is 3.11. The SMILES string of the molecule is CCOc1cc(/C=C2\SC(=S)N(Cc3ccccc3)C2=O)ccc1OCC(=O)Nc1cccc(Cl)c1.